The van der Waals surface area contributed by atoms with Gasteiger partial charge >= 0.3 is 0 Å². The van der Waals surface area contributed by atoms with Gasteiger partial charge in [-0.3, -0.25) is 4.98 Å². The second kappa shape index (κ2) is 5.72. The van der Waals surface area contributed by atoms with E-state index in [1.165, 1.54) is 0 Å². The summed E-state index contributed by atoms with van der Waals surface area (Å²) in [5, 5.41) is 1.01. The first-order valence-corrected chi connectivity index (χ1v) is 6.65. The molecule has 3 aromatic rings. The highest BCUT2D eigenvalue weighted by Crippen LogP contribution is 2.24. The Balaban J connectivity index is 1.94. The molecular formula is C15H15N5O. The molecule has 0 aliphatic carbocycles. The monoisotopic (exact) mass is 281 g/mol. The zero-order valence-electron chi connectivity index (χ0n) is 11.6. The first kappa shape index (κ1) is 13.3. The van der Waals surface area contributed by atoms with Gasteiger partial charge in [0.25, 0.3) is 0 Å². The number of nitrogens with one attached hydrogen (secondary N) is 1. The maximum absolute atomic E-state index is 5.76. The van der Waals surface area contributed by atoms with Crippen molar-refractivity contribution in [3.63, 3.8) is 0 Å². The maximum Gasteiger partial charge on any atom is 0.224 e. The highest BCUT2D eigenvalue weighted by Gasteiger charge is 2.06. The smallest absolute Gasteiger partial charge is 0.224 e. The van der Waals surface area contributed by atoms with Gasteiger partial charge in [0.15, 0.2) is 0 Å². The summed E-state index contributed by atoms with van der Waals surface area (Å²) >= 11 is 0. The molecule has 0 unspecified atom stereocenters. The first-order chi connectivity index (χ1) is 10.3. The molecule has 106 valence electrons. The summed E-state index contributed by atoms with van der Waals surface area (Å²) in [6.07, 6.45) is 2.37. The van der Waals surface area contributed by atoms with E-state index in [4.69, 9.17) is 10.6 Å². The fourth-order valence-electron chi connectivity index (χ4n) is 1.98. The Morgan fingerprint density at radius 1 is 1.19 bits per heavy atom. The van der Waals surface area contributed by atoms with Crippen molar-refractivity contribution in [2.45, 2.75) is 13.3 Å². The number of aromatic nitrogens is 3. The number of hydrogen-bond donors (Lipinski definition) is 2. The normalized spacial score (nSPS) is 10.6. The van der Waals surface area contributed by atoms with Gasteiger partial charge in [-0.2, -0.15) is 4.98 Å². The minimum absolute atomic E-state index is 0.437. The number of anilines is 1. The number of aryl methyl sites for hydroxylation is 1. The predicted molar refractivity (Wildman–Crippen MR) is 81.0 cm³/mol. The molecule has 0 fully saturated rings. The van der Waals surface area contributed by atoms with Gasteiger partial charge in [0, 0.05) is 17.9 Å². The SMILES string of the molecule is CCc1nc(NN)cc(Oc2cnc3ccccc3c2)n1. The van der Waals surface area contributed by atoms with E-state index in [2.05, 4.69) is 20.4 Å². The van der Waals surface area contributed by atoms with Crippen LogP contribution in [-0.2, 0) is 6.42 Å². The second-order valence-electron chi connectivity index (χ2n) is 4.47. The van der Waals surface area contributed by atoms with Crippen LogP contribution in [0.15, 0.2) is 42.6 Å². The Morgan fingerprint density at radius 2 is 2.05 bits per heavy atom. The van der Waals surface area contributed by atoms with Crippen molar-refractivity contribution in [1.82, 2.24) is 15.0 Å². The van der Waals surface area contributed by atoms with E-state index in [-0.39, 0.29) is 0 Å². The summed E-state index contributed by atoms with van der Waals surface area (Å²) in [6, 6.07) is 11.4. The lowest BCUT2D eigenvalue weighted by Crippen LogP contribution is -2.10. The Kier molecular flexibility index (Phi) is 3.61. The van der Waals surface area contributed by atoms with Gasteiger partial charge in [-0.15, -0.1) is 0 Å². The molecule has 0 aliphatic rings. The van der Waals surface area contributed by atoms with E-state index in [1.807, 2.05) is 37.3 Å². The number of rotatable bonds is 4. The molecule has 0 radical (unpaired) electrons. The zero-order valence-corrected chi connectivity index (χ0v) is 11.6. The second-order valence-corrected chi connectivity index (χ2v) is 4.47. The van der Waals surface area contributed by atoms with Gasteiger partial charge in [0.1, 0.15) is 17.4 Å². The average molecular weight is 281 g/mol. The number of fused-ring (bicyclic) bond motifs is 1. The molecule has 0 aliphatic heterocycles. The maximum atomic E-state index is 5.76. The molecule has 2 aromatic heterocycles. The summed E-state index contributed by atoms with van der Waals surface area (Å²) in [6.45, 7) is 1.97. The molecule has 2 heterocycles. The number of ether oxygens (including phenoxy) is 1. The molecule has 0 spiro atoms. The fraction of sp³-hybridized carbons (Fsp3) is 0.133. The fourth-order valence-corrected chi connectivity index (χ4v) is 1.98. The molecule has 0 saturated carbocycles. The van der Waals surface area contributed by atoms with Gasteiger partial charge in [-0.05, 0) is 12.1 Å². The Labute approximate surface area is 122 Å². The molecule has 0 atom stereocenters. The topological polar surface area (TPSA) is 86.0 Å². The number of nitrogens with two attached hydrogens (primary N) is 1. The molecule has 21 heavy (non-hydrogen) atoms. The third kappa shape index (κ3) is 2.90. The number of hydrogen-bond acceptors (Lipinski definition) is 6. The van der Waals surface area contributed by atoms with Crippen LogP contribution in [0.4, 0.5) is 5.82 Å². The van der Waals surface area contributed by atoms with E-state index < -0.39 is 0 Å². The molecule has 6 nitrogen and oxygen atoms in total. The zero-order chi connectivity index (χ0) is 14.7. The van der Waals surface area contributed by atoms with Crippen LogP contribution < -0.4 is 16.0 Å². The first-order valence-electron chi connectivity index (χ1n) is 6.65. The van der Waals surface area contributed by atoms with Crippen LogP contribution in [0.2, 0.25) is 0 Å². The summed E-state index contributed by atoms with van der Waals surface area (Å²) in [4.78, 5) is 12.9. The quantitative estimate of drug-likeness (QED) is 0.565. The van der Waals surface area contributed by atoms with Crippen LogP contribution in [0.1, 0.15) is 12.7 Å². The molecule has 3 N–H and O–H groups in total. The standard InChI is InChI=1S/C15H15N5O/c1-2-13-18-14(20-16)8-15(19-13)21-11-7-10-5-3-4-6-12(10)17-9-11/h3-9H,2,16H2,1H3,(H,18,19,20). The van der Waals surface area contributed by atoms with Crippen molar-refractivity contribution in [2.75, 3.05) is 5.43 Å². The third-order valence-corrected chi connectivity index (χ3v) is 3.00. The van der Waals surface area contributed by atoms with Gasteiger partial charge in [0.2, 0.25) is 5.88 Å². The Bertz CT molecular complexity index is 753. The highest BCUT2D eigenvalue weighted by atomic mass is 16.5. The van der Waals surface area contributed by atoms with Gasteiger partial charge < -0.3 is 10.2 Å². The van der Waals surface area contributed by atoms with Crippen LogP contribution in [0.3, 0.4) is 0 Å². The molecule has 0 bridgehead atoms. The lowest BCUT2D eigenvalue weighted by molar-refractivity contribution is 0.458. The summed E-state index contributed by atoms with van der Waals surface area (Å²) in [5.41, 5.74) is 3.43. The molecule has 3 rings (SSSR count). The molecule has 0 amide bonds. The summed E-state index contributed by atoms with van der Waals surface area (Å²) in [7, 11) is 0. The lowest BCUT2D eigenvalue weighted by atomic mass is 10.2. The minimum Gasteiger partial charge on any atom is -0.437 e. The largest absolute Gasteiger partial charge is 0.437 e. The number of pyridine rings is 1. The lowest BCUT2D eigenvalue weighted by Gasteiger charge is -2.08. The summed E-state index contributed by atoms with van der Waals surface area (Å²) in [5.74, 6) is 7.64. The van der Waals surface area contributed by atoms with Crippen molar-refractivity contribution >= 4 is 16.7 Å². The van der Waals surface area contributed by atoms with E-state index >= 15 is 0 Å². The highest BCUT2D eigenvalue weighted by molar-refractivity contribution is 5.79. The number of hydrazine groups is 1. The molecule has 0 saturated heterocycles. The number of nitrogens with zero attached hydrogens (tertiary/aromatic N) is 3. The number of nitrogen functional groups attached to an aromatic ring is 1. The van der Waals surface area contributed by atoms with Crippen molar-refractivity contribution in [2.24, 2.45) is 5.84 Å². The molecular weight excluding hydrogens is 266 g/mol. The minimum atomic E-state index is 0.437. The van der Waals surface area contributed by atoms with Gasteiger partial charge in [-0.1, -0.05) is 25.1 Å². The van der Waals surface area contributed by atoms with E-state index in [9.17, 15) is 0 Å². The van der Waals surface area contributed by atoms with Crippen LogP contribution in [0.5, 0.6) is 11.6 Å². The predicted octanol–water partition coefficient (Wildman–Crippen LogP) is 2.67. The van der Waals surface area contributed by atoms with Crippen LogP contribution in [-0.4, -0.2) is 15.0 Å². The van der Waals surface area contributed by atoms with E-state index in [0.717, 1.165) is 10.9 Å². The van der Waals surface area contributed by atoms with Gasteiger partial charge in [0.05, 0.1) is 11.7 Å². The van der Waals surface area contributed by atoms with Crippen molar-refractivity contribution < 1.29 is 4.74 Å². The van der Waals surface area contributed by atoms with Crippen LogP contribution in [0, 0.1) is 0 Å². The Hall–Kier alpha value is -2.73. The molecule has 1 aromatic carbocycles. The summed E-state index contributed by atoms with van der Waals surface area (Å²) < 4.78 is 5.76. The van der Waals surface area contributed by atoms with Crippen molar-refractivity contribution in [3.8, 4) is 11.6 Å². The molecule has 6 heteroatoms. The average Bonchev–Trinajstić information content (AvgIpc) is 2.54. The van der Waals surface area contributed by atoms with E-state index in [1.54, 1.807) is 12.3 Å². The third-order valence-electron chi connectivity index (χ3n) is 3.00. The Morgan fingerprint density at radius 3 is 2.86 bits per heavy atom. The van der Waals surface area contributed by atoms with Crippen molar-refractivity contribution in [3.05, 3.63) is 48.4 Å². The van der Waals surface area contributed by atoms with Crippen LogP contribution in [0.25, 0.3) is 10.9 Å². The number of benzene rings is 1. The van der Waals surface area contributed by atoms with Crippen molar-refractivity contribution in [1.29, 1.82) is 0 Å². The van der Waals surface area contributed by atoms with Crippen LogP contribution >= 0.6 is 0 Å². The number of para-hydroxylation sites is 1. The van der Waals surface area contributed by atoms with E-state index in [0.29, 0.717) is 29.7 Å². The van der Waals surface area contributed by atoms with Gasteiger partial charge in [-0.25, -0.2) is 10.8 Å².